The number of rotatable bonds is 10. The molecule has 1 fully saturated rings. The van der Waals surface area contributed by atoms with Crippen molar-refractivity contribution in [3.05, 3.63) is 119 Å². The summed E-state index contributed by atoms with van der Waals surface area (Å²) in [6, 6.07) is 29.9. The van der Waals surface area contributed by atoms with E-state index in [2.05, 4.69) is 105 Å². The molecule has 1 aliphatic rings. The van der Waals surface area contributed by atoms with Crippen molar-refractivity contribution in [2.24, 2.45) is 5.92 Å². The highest BCUT2D eigenvalue weighted by Crippen LogP contribution is 2.37. The first-order valence-corrected chi connectivity index (χ1v) is 13.5. The molecule has 0 amide bonds. The first-order valence-electron chi connectivity index (χ1n) is 13.5. The van der Waals surface area contributed by atoms with Crippen molar-refractivity contribution < 1.29 is 0 Å². The first kappa shape index (κ1) is 24.5. The topological polar surface area (TPSA) is 0 Å². The maximum Gasteiger partial charge on any atom is -0.0150 e. The molecule has 0 aromatic heterocycles. The van der Waals surface area contributed by atoms with Crippen LogP contribution in [0.3, 0.4) is 0 Å². The molecule has 1 aliphatic carbocycles. The first-order chi connectivity index (χ1) is 16.7. The van der Waals surface area contributed by atoms with Crippen molar-refractivity contribution in [3.8, 4) is 0 Å². The van der Waals surface area contributed by atoms with Crippen molar-refractivity contribution in [1.29, 1.82) is 0 Å². The molecule has 0 bridgehead atoms. The number of aryl methyl sites for hydroxylation is 2. The molecule has 4 rings (SSSR count). The van der Waals surface area contributed by atoms with E-state index in [0.29, 0.717) is 5.92 Å². The van der Waals surface area contributed by atoms with E-state index >= 15 is 0 Å². The van der Waals surface area contributed by atoms with Crippen molar-refractivity contribution in [2.45, 2.75) is 83.5 Å². The summed E-state index contributed by atoms with van der Waals surface area (Å²) in [6.45, 7) is 4.44. The van der Waals surface area contributed by atoms with Crippen LogP contribution in [0.15, 0.2) is 91.0 Å². The van der Waals surface area contributed by atoms with Gasteiger partial charge < -0.3 is 0 Å². The van der Waals surface area contributed by atoms with Gasteiger partial charge in [-0.05, 0) is 110 Å². The molecule has 0 saturated heterocycles. The van der Waals surface area contributed by atoms with Crippen LogP contribution in [0.1, 0.15) is 92.0 Å². The Bertz CT molecular complexity index is 986. The summed E-state index contributed by atoms with van der Waals surface area (Å²) in [7, 11) is 0. The van der Waals surface area contributed by atoms with Gasteiger partial charge in [-0.3, -0.25) is 0 Å². The Morgan fingerprint density at radius 3 is 2.00 bits per heavy atom. The third-order valence-electron chi connectivity index (χ3n) is 7.91. The molecule has 178 valence electrons. The summed E-state index contributed by atoms with van der Waals surface area (Å²) in [5.41, 5.74) is 7.43. The van der Waals surface area contributed by atoms with E-state index in [1.54, 1.807) is 5.56 Å². The Balaban J connectivity index is 1.20. The maximum absolute atomic E-state index is 2.41. The molecule has 34 heavy (non-hydrogen) atoms. The smallest absolute Gasteiger partial charge is 0.0150 e. The molecule has 0 radical (unpaired) electrons. The number of allylic oxidation sites excluding steroid dienone is 2. The Morgan fingerprint density at radius 2 is 1.35 bits per heavy atom. The molecule has 3 aromatic carbocycles. The van der Waals surface area contributed by atoms with Crippen LogP contribution in [0.2, 0.25) is 0 Å². The Hall–Kier alpha value is -2.60. The third-order valence-corrected chi connectivity index (χ3v) is 7.91. The Labute approximate surface area is 208 Å². The highest BCUT2D eigenvalue weighted by atomic mass is 14.3. The van der Waals surface area contributed by atoms with Crippen LogP contribution in [-0.4, -0.2) is 0 Å². The van der Waals surface area contributed by atoms with Crippen LogP contribution in [0, 0.1) is 5.92 Å². The van der Waals surface area contributed by atoms with Gasteiger partial charge in [-0.25, -0.2) is 0 Å². The van der Waals surface area contributed by atoms with Crippen molar-refractivity contribution >= 4 is 0 Å². The second-order valence-electron chi connectivity index (χ2n) is 10.4. The fourth-order valence-corrected chi connectivity index (χ4v) is 5.62. The summed E-state index contributed by atoms with van der Waals surface area (Å²) < 4.78 is 0. The molecule has 0 N–H and O–H groups in total. The molecule has 3 aromatic rings. The van der Waals surface area contributed by atoms with Gasteiger partial charge in [0, 0.05) is 0 Å². The fourth-order valence-electron chi connectivity index (χ4n) is 5.62. The predicted molar refractivity (Wildman–Crippen MR) is 148 cm³/mol. The van der Waals surface area contributed by atoms with Gasteiger partial charge in [0.2, 0.25) is 0 Å². The Kier molecular flexibility index (Phi) is 9.19. The van der Waals surface area contributed by atoms with Crippen LogP contribution in [0.4, 0.5) is 0 Å². The molecule has 0 nitrogen and oxygen atoms in total. The minimum absolute atomic E-state index is 0.567. The van der Waals surface area contributed by atoms with Gasteiger partial charge in [-0.15, -0.1) is 0 Å². The molecule has 1 saturated carbocycles. The monoisotopic (exact) mass is 450 g/mol. The molecular formula is C34H42. The fraction of sp³-hybridized carbons (Fsp3) is 0.412. The highest BCUT2D eigenvalue weighted by molar-refractivity contribution is 5.29. The van der Waals surface area contributed by atoms with Crippen molar-refractivity contribution in [1.82, 2.24) is 0 Å². The second kappa shape index (κ2) is 12.7. The summed E-state index contributed by atoms with van der Waals surface area (Å²) in [5, 5.41) is 0. The van der Waals surface area contributed by atoms with Crippen LogP contribution in [0.25, 0.3) is 0 Å². The van der Waals surface area contributed by atoms with Crippen molar-refractivity contribution in [3.63, 3.8) is 0 Å². The third kappa shape index (κ3) is 7.20. The zero-order chi connectivity index (χ0) is 23.6. The van der Waals surface area contributed by atoms with Gasteiger partial charge in [0.25, 0.3) is 0 Å². The average Bonchev–Trinajstić information content (AvgIpc) is 2.90. The number of hydrogen-bond acceptors (Lipinski definition) is 0. The van der Waals surface area contributed by atoms with Gasteiger partial charge in [0.15, 0.2) is 0 Å². The molecule has 0 heteroatoms. The molecule has 0 heterocycles. The number of benzene rings is 3. The van der Waals surface area contributed by atoms with Crippen LogP contribution in [0.5, 0.6) is 0 Å². The minimum atomic E-state index is 0.567. The van der Waals surface area contributed by atoms with Gasteiger partial charge in [0.1, 0.15) is 0 Å². The zero-order valence-corrected chi connectivity index (χ0v) is 21.3. The molecule has 1 atom stereocenters. The summed E-state index contributed by atoms with van der Waals surface area (Å²) >= 11 is 0. The van der Waals surface area contributed by atoms with E-state index in [0.717, 1.165) is 31.1 Å². The lowest BCUT2D eigenvalue weighted by atomic mass is 9.76. The average molecular weight is 451 g/mol. The van der Waals surface area contributed by atoms with E-state index in [1.165, 1.54) is 60.8 Å². The zero-order valence-electron chi connectivity index (χ0n) is 21.3. The summed E-state index contributed by atoms with van der Waals surface area (Å²) in [4.78, 5) is 0. The minimum Gasteiger partial charge on any atom is -0.0917 e. The molecule has 0 spiro atoms. The normalized spacial score (nSPS) is 19.4. The lowest BCUT2D eigenvalue weighted by Gasteiger charge is -2.29. The predicted octanol–water partition coefficient (Wildman–Crippen LogP) is 9.45. The van der Waals surface area contributed by atoms with Gasteiger partial charge >= 0.3 is 0 Å². The quantitative estimate of drug-likeness (QED) is 0.270. The molecular weight excluding hydrogens is 408 g/mol. The summed E-state index contributed by atoms with van der Waals surface area (Å²) in [6.07, 6.45) is 15.9. The van der Waals surface area contributed by atoms with E-state index < -0.39 is 0 Å². The van der Waals surface area contributed by atoms with E-state index in [1.807, 2.05) is 0 Å². The Morgan fingerprint density at radius 1 is 0.735 bits per heavy atom. The summed E-state index contributed by atoms with van der Waals surface area (Å²) in [5.74, 6) is 2.22. The SMILES string of the molecule is CC=CCCc1ccc(CCC2CCC(c3ccc(C[C@@H](C)c4ccccc4)cc3)CC2)cc1. The van der Waals surface area contributed by atoms with Gasteiger partial charge in [-0.2, -0.15) is 0 Å². The van der Waals surface area contributed by atoms with E-state index in [4.69, 9.17) is 0 Å². The van der Waals surface area contributed by atoms with Crippen LogP contribution < -0.4 is 0 Å². The number of hydrogen-bond donors (Lipinski definition) is 0. The lowest BCUT2D eigenvalue weighted by Crippen LogP contribution is -2.14. The standard InChI is InChI=1S/C34H42/c1-3-4-6-9-28-12-14-29(15-13-28)16-17-30-18-22-33(23-19-30)34-24-20-31(21-25-34)26-27(2)32-10-7-5-8-11-32/h3-5,7-8,10-15,20-21,24-25,27,30,33H,6,9,16-19,22-23,26H2,1-2H3/t27-,30?,33?/m1/s1. The molecule has 0 aliphatic heterocycles. The van der Waals surface area contributed by atoms with Crippen LogP contribution in [-0.2, 0) is 19.3 Å². The largest absolute Gasteiger partial charge is 0.0917 e. The van der Waals surface area contributed by atoms with Crippen LogP contribution >= 0.6 is 0 Å². The second-order valence-corrected chi connectivity index (χ2v) is 10.4. The van der Waals surface area contributed by atoms with E-state index in [-0.39, 0.29) is 0 Å². The van der Waals surface area contributed by atoms with Gasteiger partial charge in [0.05, 0.1) is 0 Å². The molecule has 0 unspecified atom stereocenters. The van der Waals surface area contributed by atoms with E-state index in [9.17, 15) is 0 Å². The lowest BCUT2D eigenvalue weighted by molar-refractivity contribution is 0.310. The maximum atomic E-state index is 2.41. The van der Waals surface area contributed by atoms with Crippen molar-refractivity contribution in [2.75, 3.05) is 0 Å². The highest BCUT2D eigenvalue weighted by Gasteiger charge is 2.22. The van der Waals surface area contributed by atoms with Gasteiger partial charge in [-0.1, -0.05) is 97.9 Å².